The van der Waals surface area contributed by atoms with Crippen molar-refractivity contribution in [3.05, 3.63) is 35.4 Å². The minimum Gasteiger partial charge on any atom is -0.445 e. The van der Waals surface area contributed by atoms with E-state index in [1.165, 1.54) is 6.42 Å². The van der Waals surface area contributed by atoms with Crippen molar-refractivity contribution < 1.29 is 14.3 Å². The predicted octanol–water partition coefficient (Wildman–Crippen LogP) is 3.10. The van der Waals surface area contributed by atoms with Crippen molar-refractivity contribution in [3.63, 3.8) is 0 Å². The molecule has 0 saturated heterocycles. The lowest BCUT2D eigenvalue weighted by atomic mass is 9.77. The van der Waals surface area contributed by atoms with Gasteiger partial charge < -0.3 is 10.1 Å². The van der Waals surface area contributed by atoms with E-state index in [0.29, 0.717) is 23.8 Å². The average Bonchev–Trinajstić information content (AvgIpc) is 2.51. The molecule has 0 bridgehead atoms. The Labute approximate surface area is 137 Å². The average molecular weight is 315 g/mol. The standard InChI is InChI=1S/C19H25NO3/c1-12-7-6-10-16(13(12)2)20-18(22)19(3)11-14-8-4-5-9-15(14)17(21)23-19/h4-5,8-9,12-13,16H,6-7,10-11H2,1-3H3,(H,20,22). The van der Waals surface area contributed by atoms with Gasteiger partial charge in [-0.15, -0.1) is 0 Å². The number of hydrogen-bond acceptors (Lipinski definition) is 3. The van der Waals surface area contributed by atoms with Crippen LogP contribution in [0.25, 0.3) is 0 Å². The van der Waals surface area contributed by atoms with Crippen molar-refractivity contribution in [1.29, 1.82) is 0 Å². The van der Waals surface area contributed by atoms with Gasteiger partial charge in [0, 0.05) is 12.5 Å². The summed E-state index contributed by atoms with van der Waals surface area (Å²) in [4.78, 5) is 25.0. The summed E-state index contributed by atoms with van der Waals surface area (Å²) < 4.78 is 5.51. The zero-order valence-electron chi connectivity index (χ0n) is 14.1. The van der Waals surface area contributed by atoms with Crippen molar-refractivity contribution in [2.45, 2.75) is 58.1 Å². The van der Waals surface area contributed by atoms with Gasteiger partial charge in [-0.2, -0.15) is 0 Å². The van der Waals surface area contributed by atoms with Crippen LogP contribution in [0, 0.1) is 11.8 Å². The Balaban J connectivity index is 1.76. The van der Waals surface area contributed by atoms with Crippen molar-refractivity contribution in [3.8, 4) is 0 Å². The number of carbonyl (C=O) groups excluding carboxylic acids is 2. The predicted molar refractivity (Wildman–Crippen MR) is 88.1 cm³/mol. The Bertz CT molecular complexity index is 627. The fourth-order valence-electron chi connectivity index (χ4n) is 3.77. The molecule has 124 valence electrons. The second kappa shape index (κ2) is 5.99. The number of fused-ring (bicyclic) bond motifs is 1. The monoisotopic (exact) mass is 315 g/mol. The summed E-state index contributed by atoms with van der Waals surface area (Å²) in [6, 6.07) is 7.51. The fourth-order valence-corrected chi connectivity index (χ4v) is 3.77. The van der Waals surface area contributed by atoms with Crippen LogP contribution in [0.3, 0.4) is 0 Å². The molecule has 4 nitrogen and oxygen atoms in total. The van der Waals surface area contributed by atoms with Crippen molar-refractivity contribution in [2.75, 3.05) is 0 Å². The van der Waals surface area contributed by atoms with Crippen LogP contribution in [-0.4, -0.2) is 23.5 Å². The molecule has 0 spiro atoms. The molecule has 1 aliphatic carbocycles. The Kier molecular flexibility index (Phi) is 4.17. The molecule has 1 aliphatic heterocycles. The Morgan fingerprint density at radius 3 is 2.78 bits per heavy atom. The van der Waals surface area contributed by atoms with E-state index in [4.69, 9.17) is 4.74 Å². The molecular weight excluding hydrogens is 290 g/mol. The summed E-state index contributed by atoms with van der Waals surface area (Å²) in [5.41, 5.74) is 0.329. The summed E-state index contributed by atoms with van der Waals surface area (Å²) >= 11 is 0. The molecule has 3 rings (SSSR count). The van der Waals surface area contributed by atoms with Crippen LogP contribution in [0.15, 0.2) is 24.3 Å². The van der Waals surface area contributed by atoms with Crippen molar-refractivity contribution >= 4 is 11.9 Å². The SMILES string of the molecule is CC1CCCC(NC(=O)C2(C)Cc3ccccc3C(=O)O2)C1C. The molecule has 4 unspecified atom stereocenters. The van der Waals surface area contributed by atoms with Crippen LogP contribution in [0.1, 0.15) is 56.0 Å². The molecule has 4 heteroatoms. The Hall–Kier alpha value is -1.84. The maximum Gasteiger partial charge on any atom is 0.339 e. The highest BCUT2D eigenvalue weighted by Gasteiger charge is 2.44. The van der Waals surface area contributed by atoms with Crippen LogP contribution < -0.4 is 5.32 Å². The van der Waals surface area contributed by atoms with Crippen molar-refractivity contribution in [1.82, 2.24) is 5.32 Å². The molecule has 1 heterocycles. The number of carbonyl (C=O) groups is 2. The zero-order valence-corrected chi connectivity index (χ0v) is 14.1. The number of esters is 1. The number of nitrogens with one attached hydrogen (secondary N) is 1. The van der Waals surface area contributed by atoms with Gasteiger partial charge in [-0.3, -0.25) is 4.79 Å². The van der Waals surface area contributed by atoms with E-state index in [2.05, 4.69) is 19.2 Å². The number of amides is 1. The third-order valence-corrected chi connectivity index (χ3v) is 5.59. The number of hydrogen-bond donors (Lipinski definition) is 1. The topological polar surface area (TPSA) is 55.4 Å². The lowest BCUT2D eigenvalue weighted by molar-refractivity contribution is -0.141. The highest BCUT2D eigenvalue weighted by Crippen LogP contribution is 2.32. The molecule has 0 radical (unpaired) electrons. The van der Waals surface area contributed by atoms with Crippen LogP contribution >= 0.6 is 0 Å². The molecule has 0 aromatic heterocycles. The van der Waals surface area contributed by atoms with E-state index in [0.717, 1.165) is 18.4 Å². The van der Waals surface area contributed by atoms with Gasteiger partial charge in [-0.1, -0.05) is 44.9 Å². The number of rotatable bonds is 2. The Morgan fingerprint density at radius 2 is 2.00 bits per heavy atom. The van der Waals surface area contributed by atoms with Gasteiger partial charge >= 0.3 is 5.97 Å². The largest absolute Gasteiger partial charge is 0.445 e. The van der Waals surface area contributed by atoms with Gasteiger partial charge in [0.1, 0.15) is 0 Å². The first-order valence-electron chi connectivity index (χ1n) is 8.53. The summed E-state index contributed by atoms with van der Waals surface area (Å²) in [5, 5.41) is 3.14. The fraction of sp³-hybridized carbons (Fsp3) is 0.579. The van der Waals surface area contributed by atoms with Crippen LogP contribution in [0.4, 0.5) is 0 Å². The second-order valence-corrected chi connectivity index (χ2v) is 7.30. The number of cyclic esters (lactones) is 1. The molecule has 1 N–H and O–H groups in total. The second-order valence-electron chi connectivity index (χ2n) is 7.30. The van der Waals surface area contributed by atoms with Crippen molar-refractivity contribution in [2.24, 2.45) is 11.8 Å². The maximum atomic E-state index is 12.8. The molecule has 23 heavy (non-hydrogen) atoms. The van der Waals surface area contributed by atoms with Crippen LogP contribution in [0.2, 0.25) is 0 Å². The van der Waals surface area contributed by atoms with Gasteiger partial charge in [-0.05, 0) is 36.8 Å². The van der Waals surface area contributed by atoms with Gasteiger partial charge in [0.25, 0.3) is 5.91 Å². The first-order valence-corrected chi connectivity index (χ1v) is 8.53. The molecule has 1 aromatic carbocycles. The molecule has 1 aromatic rings. The minimum atomic E-state index is -1.12. The molecule has 1 saturated carbocycles. The molecule has 1 fully saturated rings. The van der Waals surface area contributed by atoms with E-state index in [9.17, 15) is 9.59 Å². The third-order valence-electron chi connectivity index (χ3n) is 5.59. The molecule has 1 amide bonds. The number of ether oxygens (including phenoxy) is 1. The summed E-state index contributed by atoms with van der Waals surface area (Å²) in [5.74, 6) is 0.472. The third kappa shape index (κ3) is 2.99. The van der Waals surface area contributed by atoms with Gasteiger partial charge in [0.05, 0.1) is 5.56 Å². The van der Waals surface area contributed by atoms with E-state index >= 15 is 0 Å². The van der Waals surface area contributed by atoms with Gasteiger partial charge in [0.15, 0.2) is 5.60 Å². The first-order chi connectivity index (χ1) is 10.9. The molecule has 2 aliphatic rings. The highest BCUT2D eigenvalue weighted by atomic mass is 16.6. The van der Waals surface area contributed by atoms with Crippen LogP contribution in [0.5, 0.6) is 0 Å². The van der Waals surface area contributed by atoms with E-state index in [-0.39, 0.29) is 11.9 Å². The lowest BCUT2D eigenvalue weighted by Crippen LogP contribution is -2.56. The summed E-state index contributed by atoms with van der Waals surface area (Å²) in [6.07, 6.45) is 3.78. The van der Waals surface area contributed by atoms with Crippen LogP contribution in [-0.2, 0) is 16.0 Å². The summed E-state index contributed by atoms with van der Waals surface area (Å²) in [6.45, 7) is 6.15. The zero-order chi connectivity index (χ0) is 16.6. The van der Waals surface area contributed by atoms with E-state index < -0.39 is 11.6 Å². The number of benzene rings is 1. The quantitative estimate of drug-likeness (QED) is 0.853. The lowest BCUT2D eigenvalue weighted by Gasteiger charge is -2.38. The van der Waals surface area contributed by atoms with Gasteiger partial charge in [-0.25, -0.2) is 4.79 Å². The van der Waals surface area contributed by atoms with E-state index in [1.54, 1.807) is 13.0 Å². The van der Waals surface area contributed by atoms with Gasteiger partial charge in [0.2, 0.25) is 0 Å². The highest BCUT2D eigenvalue weighted by molar-refractivity contribution is 5.97. The van der Waals surface area contributed by atoms with E-state index in [1.807, 2.05) is 18.2 Å². The summed E-state index contributed by atoms with van der Waals surface area (Å²) in [7, 11) is 0. The minimum absolute atomic E-state index is 0.166. The maximum absolute atomic E-state index is 12.8. The first kappa shape index (κ1) is 16.0. The normalized spacial score (nSPS) is 33.5. The Morgan fingerprint density at radius 1 is 1.26 bits per heavy atom. The molecular formula is C19H25NO3. The molecule has 4 atom stereocenters. The smallest absolute Gasteiger partial charge is 0.339 e.